The molecule has 1 aliphatic rings. The lowest BCUT2D eigenvalue weighted by Crippen LogP contribution is -2.28. The Hall–Kier alpha value is -0.980. The zero-order valence-corrected chi connectivity index (χ0v) is 15.2. The van der Waals surface area contributed by atoms with Gasteiger partial charge in [-0.15, -0.1) is 0 Å². The zero-order valence-electron chi connectivity index (χ0n) is 15.2. The number of Topliss-reactive ketones (excluding diaryl/α,β-unsaturated/α-hetero) is 1. The number of amides is 1. The molecule has 1 N–H and O–H groups in total. The topological polar surface area (TPSA) is 73.9 Å². The maximum Gasteiger partial charge on any atom is 0.220 e. The van der Waals surface area contributed by atoms with E-state index < -0.39 is 0 Å². The predicted molar refractivity (Wildman–Crippen MR) is 92.0 cm³/mol. The fourth-order valence-corrected chi connectivity index (χ4v) is 2.75. The van der Waals surface area contributed by atoms with Crippen molar-refractivity contribution in [2.75, 3.05) is 33.0 Å². The van der Waals surface area contributed by atoms with Crippen molar-refractivity contribution in [2.24, 2.45) is 0 Å². The maximum atomic E-state index is 11.7. The molecule has 1 saturated carbocycles. The van der Waals surface area contributed by atoms with Crippen LogP contribution >= 0.6 is 0 Å². The molecule has 1 amide bonds. The van der Waals surface area contributed by atoms with Crippen LogP contribution in [0.15, 0.2) is 0 Å². The summed E-state index contributed by atoms with van der Waals surface area (Å²) in [4.78, 5) is 22.4. The van der Waals surface area contributed by atoms with Crippen molar-refractivity contribution in [1.82, 2.24) is 5.32 Å². The van der Waals surface area contributed by atoms with Gasteiger partial charge in [0.1, 0.15) is 5.78 Å². The highest BCUT2D eigenvalue weighted by molar-refractivity contribution is 5.76. The second-order valence-electron chi connectivity index (χ2n) is 6.24. The summed E-state index contributed by atoms with van der Waals surface area (Å²) in [5, 5.41) is 2.81. The Morgan fingerprint density at radius 1 is 0.958 bits per heavy atom. The highest BCUT2D eigenvalue weighted by atomic mass is 16.5. The first-order valence-corrected chi connectivity index (χ1v) is 9.19. The summed E-state index contributed by atoms with van der Waals surface area (Å²) in [5.41, 5.74) is 0. The second kappa shape index (κ2) is 13.3. The minimum atomic E-state index is 0.0221. The van der Waals surface area contributed by atoms with Crippen LogP contribution in [0, 0.1) is 0 Å². The van der Waals surface area contributed by atoms with Crippen molar-refractivity contribution in [3.05, 3.63) is 0 Å². The Kier molecular flexibility index (Phi) is 11.7. The number of rotatable bonds is 13. The number of hydrogen-bond acceptors (Lipinski definition) is 5. The lowest BCUT2D eigenvalue weighted by molar-refractivity contribution is -0.122. The van der Waals surface area contributed by atoms with Gasteiger partial charge in [-0.2, -0.15) is 0 Å². The van der Waals surface area contributed by atoms with E-state index in [0.29, 0.717) is 51.4 Å². The third-order valence-corrected chi connectivity index (χ3v) is 4.09. The molecule has 0 aliphatic heterocycles. The fourth-order valence-electron chi connectivity index (χ4n) is 2.75. The molecule has 0 atom stereocenters. The molecule has 0 aromatic carbocycles. The molecule has 0 spiro atoms. The van der Waals surface area contributed by atoms with Crippen LogP contribution in [0.5, 0.6) is 0 Å². The highest BCUT2D eigenvalue weighted by Gasteiger charge is 2.21. The van der Waals surface area contributed by atoms with Gasteiger partial charge in [0.25, 0.3) is 0 Å². The largest absolute Gasteiger partial charge is 0.379 e. The first kappa shape index (κ1) is 21.1. The van der Waals surface area contributed by atoms with Crippen molar-refractivity contribution < 1.29 is 23.8 Å². The molecule has 0 radical (unpaired) electrons. The molecular weight excluding hydrogens is 310 g/mol. The third-order valence-electron chi connectivity index (χ3n) is 4.09. The molecule has 0 heterocycles. The van der Waals surface area contributed by atoms with Crippen LogP contribution in [-0.4, -0.2) is 56.9 Å². The van der Waals surface area contributed by atoms with E-state index in [1.807, 2.05) is 6.92 Å². The molecule has 1 fully saturated rings. The van der Waals surface area contributed by atoms with Crippen molar-refractivity contribution in [1.29, 1.82) is 0 Å². The van der Waals surface area contributed by atoms with Crippen LogP contribution in [0.1, 0.15) is 58.8 Å². The monoisotopic (exact) mass is 343 g/mol. The predicted octanol–water partition coefficient (Wildman–Crippen LogP) is 2.24. The van der Waals surface area contributed by atoms with Crippen LogP contribution in [0.25, 0.3) is 0 Å². The van der Waals surface area contributed by atoms with E-state index in [1.54, 1.807) is 0 Å². The van der Waals surface area contributed by atoms with E-state index in [4.69, 9.17) is 14.2 Å². The summed E-state index contributed by atoms with van der Waals surface area (Å²) in [7, 11) is 0. The smallest absolute Gasteiger partial charge is 0.220 e. The molecule has 6 nitrogen and oxygen atoms in total. The molecule has 1 rings (SSSR count). The summed E-state index contributed by atoms with van der Waals surface area (Å²) in [5.74, 6) is 0.138. The molecule has 140 valence electrons. The zero-order chi connectivity index (χ0) is 17.6. The van der Waals surface area contributed by atoms with E-state index in [-0.39, 0.29) is 11.7 Å². The van der Waals surface area contributed by atoms with Crippen LogP contribution < -0.4 is 5.32 Å². The first-order chi connectivity index (χ1) is 11.6. The first-order valence-electron chi connectivity index (χ1n) is 9.19. The van der Waals surface area contributed by atoms with Crippen molar-refractivity contribution >= 4 is 11.7 Å². The van der Waals surface area contributed by atoms with Crippen LogP contribution in [0.4, 0.5) is 0 Å². The van der Waals surface area contributed by atoms with Gasteiger partial charge in [-0.1, -0.05) is 0 Å². The Bertz CT molecular complexity index is 353. The van der Waals surface area contributed by atoms with E-state index in [2.05, 4.69) is 5.32 Å². The average molecular weight is 343 g/mol. The number of ketones is 1. The molecule has 6 heteroatoms. The van der Waals surface area contributed by atoms with Gasteiger partial charge in [-0.3, -0.25) is 9.59 Å². The summed E-state index contributed by atoms with van der Waals surface area (Å²) in [6.45, 7) is 6.34. The lowest BCUT2D eigenvalue weighted by Gasteiger charge is -2.28. The van der Waals surface area contributed by atoms with E-state index in [9.17, 15) is 9.59 Å². The Morgan fingerprint density at radius 2 is 1.62 bits per heavy atom. The normalized spacial score (nSPS) is 20.8. The SMILES string of the molecule is CCOC1CCC(OCCCC(=O)NCCOCCC(C)=O)CC1. The van der Waals surface area contributed by atoms with Gasteiger partial charge in [0.15, 0.2) is 0 Å². The number of carbonyl (C=O) groups is 2. The maximum absolute atomic E-state index is 11.7. The Balaban J connectivity index is 1.90. The lowest BCUT2D eigenvalue weighted by atomic mass is 9.95. The van der Waals surface area contributed by atoms with Gasteiger partial charge >= 0.3 is 0 Å². The van der Waals surface area contributed by atoms with Gasteiger partial charge < -0.3 is 19.5 Å². The molecule has 0 unspecified atom stereocenters. The van der Waals surface area contributed by atoms with Gasteiger partial charge in [-0.25, -0.2) is 0 Å². The van der Waals surface area contributed by atoms with Crippen LogP contribution in [0.2, 0.25) is 0 Å². The summed E-state index contributed by atoms with van der Waals surface area (Å²) in [6, 6.07) is 0. The van der Waals surface area contributed by atoms with Gasteiger partial charge in [0, 0.05) is 32.6 Å². The molecule has 24 heavy (non-hydrogen) atoms. The molecular formula is C18H33NO5. The quantitative estimate of drug-likeness (QED) is 0.519. The second-order valence-corrected chi connectivity index (χ2v) is 6.24. The van der Waals surface area contributed by atoms with Crippen LogP contribution in [0.3, 0.4) is 0 Å². The van der Waals surface area contributed by atoms with E-state index in [0.717, 1.165) is 38.7 Å². The summed E-state index contributed by atoms with van der Waals surface area (Å²) < 4.78 is 16.7. The third kappa shape index (κ3) is 10.7. The Morgan fingerprint density at radius 3 is 2.25 bits per heavy atom. The number of ether oxygens (including phenoxy) is 3. The van der Waals surface area contributed by atoms with Gasteiger partial charge in [0.05, 0.1) is 25.4 Å². The minimum Gasteiger partial charge on any atom is -0.379 e. The molecule has 0 bridgehead atoms. The highest BCUT2D eigenvalue weighted by Crippen LogP contribution is 2.23. The van der Waals surface area contributed by atoms with E-state index >= 15 is 0 Å². The molecule has 0 aromatic rings. The summed E-state index contributed by atoms with van der Waals surface area (Å²) >= 11 is 0. The van der Waals surface area contributed by atoms with E-state index in [1.165, 1.54) is 6.92 Å². The van der Waals surface area contributed by atoms with Crippen molar-refractivity contribution in [2.45, 2.75) is 71.0 Å². The van der Waals surface area contributed by atoms with Crippen LogP contribution in [-0.2, 0) is 23.8 Å². The number of nitrogens with one attached hydrogen (secondary N) is 1. The number of hydrogen-bond donors (Lipinski definition) is 1. The number of carbonyl (C=O) groups excluding carboxylic acids is 2. The van der Waals surface area contributed by atoms with Gasteiger partial charge in [0.2, 0.25) is 5.91 Å². The fraction of sp³-hybridized carbons (Fsp3) is 0.889. The molecule has 1 aliphatic carbocycles. The molecule has 0 saturated heterocycles. The standard InChI is InChI=1S/C18H33NO5/c1-3-23-16-6-8-17(9-7-16)24-12-4-5-18(21)19-11-14-22-13-10-15(2)20/h16-17H,3-14H2,1-2H3,(H,19,21). The van der Waals surface area contributed by atoms with Crippen molar-refractivity contribution in [3.8, 4) is 0 Å². The Labute approximate surface area is 145 Å². The van der Waals surface area contributed by atoms with Crippen molar-refractivity contribution in [3.63, 3.8) is 0 Å². The van der Waals surface area contributed by atoms with Gasteiger partial charge in [-0.05, 0) is 46.0 Å². The summed E-state index contributed by atoms with van der Waals surface area (Å²) in [6.07, 6.45) is 6.61. The molecule has 0 aromatic heterocycles. The minimum absolute atomic E-state index is 0.0221. The average Bonchev–Trinajstić information content (AvgIpc) is 2.56.